The highest BCUT2D eigenvalue weighted by molar-refractivity contribution is 7.25. The van der Waals surface area contributed by atoms with Crippen LogP contribution in [-0.2, 0) is 5.41 Å². The van der Waals surface area contributed by atoms with Gasteiger partial charge in [0.1, 0.15) is 0 Å². The lowest BCUT2D eigenvalue weighted by atomic mass is 9.77. The second-order valence-corrected chi connectivity index (χ2v) is 17.8. The Labute approximate surface area is 342 Å². The number of benzene rings is 7. The third-order valence-electron chi connectivity index (χ3n) is 13.2. The van der Waals surface area contributed by atoms with E-state index in [0.717, 1.165) is 58.7 Å². The van der Waals surface area contributed by atoms with Gasteiger partial charge >= 0.3 is 0 Å². The molecule has 0 radical (unpaired) electrons. The van der Waals surface area contributed by atoms with Crippen molar-refractivity contribution in [2.45, 2.75) is 44.9 Å². The van der Waals surface area contributed by atoms with E-state index in [2.05, 4.69) is 166 Å². The first-order valence-corrected chi connectivity index (χ1v) is 21.4. The zero-order chi connectivity index (χ0) is 38.5. The van der Waals surface area contributed by atoms with Crippen LogP contribution < -0.4 is 0 Å². The molecule has 0 N–H and O–H groups in total. The van der Waals surface area contributed by atoms with E-state index in [1.165, 1.54) is 86.6 Å². The van der Waals surface area contributed by atoms with Crippen LogP contribution >= 0.6 is 11.3 Å². The summed E-state index contributed by atoms with van der Waals surface area (Å²) in [5.74, 6) is 0. The number of rotatable bonds is 4. The second kappa shape index (κ2) is 12.8. The highest BCUT2D eigenvalue weighted by Gasteiger charge is 2.38. The molecule has 2 heterocycles. The number of thiophene rings is 1. The Morgan fingerprint density at radius 1 is 0.500 bits per heavy atom. The molecule has 0 saturated heterocycles. The molecule has 0 atom stereocenters. The van der Waals surface area contributed by atoms with Crippen molar-refractivity contribution in [1.29, 1.82) is 0 Å². The topological polar surface area (TPSA) is 25.8 Å². The van der Waals surface area contributed by atoms with Gasteiger partial charge in [-0.3, -0.25) is 4.98 Å². The number of nitrogens with zero attached hydrogens (tertiary/aromatic N) is 2. The Morgan fingerprint density at radius 2 is 1.12 bits per heavy atom. The van der Waals surface area contributed by atoms with Gasteiger partial charge in [-0.15, -0.1) is 11.3 Å². The molecule has 2 nitrogen and oxygen atoms in total. The Morgan fingerprint density at radius 3 is 1.90 bits per heavy atom. The first-order valence-electron chi connectivity index (χ1n) is 20.6. The molecule has 3 heteroatoms. The highest BCUT2D eigenvalue weighted by Crippen LogP contribution is 2.53. The third kappa shape index (κ3) is 5.16. The molecular weight excluding hydrogens is 721 g/mol. The summed E-state index contributed by atoms with van der Waals surface area (Å²) in [6.07, 6.45) is 13.6. The molecule has 0 amide bonds. The minimum absolute atomic E-state index is 0.0987. The van der Waals surface area contributed by atoms with Gasteiger partial charge in [-0.05, 0) is 116 Å². The van der Waals surface area contributed by atoms with Crippen molar-refractivity contribution >= 4 is 75.2 Å². The zero-order valence-corrected chi connectivity index (χ0v) is 33.5. The molecule has 0 fully saturated rings. The average molecular weight is 761 g/mol. The summed E-state index contributed by atoms with van der Waals surface area (Å²) < 4.78 is 2.70. The lowest BCUT2D eigenvalue weighted by Crippen LogP contribution is -2.17. The number of fused-ring (bicyclic) bond motifs is 11. The normalized spacial score (nSPS) is 16.2. The predicted octanol–water partition coefficient (Wildman–Crippen LogP) is 15.2. The van der Waals surface area contributed by atoms with E-state index in [9.17, 15) is 0 Å². The summed E-state index contributed by atoms with van der Waals surface area (Å²) in [4.78, 5) is 10.4. The van der Waals surface area contributed by atoms with Gasteiger partial charge in [0.2, 0.25) is 0 Å². The Hall–Kier alpha value is -6.42. The Bertz CT molecular complexity index is 3310. The fourth-order valence-corrected chi connectivity index (χ4v) is 11.2. The molecule has 0 unspecified atom stereocenters. The highest BCUT2D eigenvalue weighted by atomic mass is 32.1. The lowest BCUT2D eigenvalue weighted by molar-refractivity contribution is 0.649. The van der Waals surface area contributed by atoms with E-state index in [1.807, 2.05) is 17.5 Å². The van der Waals surface area contributed by atoms with Crippen molar-refractivity contribution in [3.63, 3.8) is 0 Å². The number of hydrogen-bond acceptors (Lipinski definition) is 3. The standard InChI is InChI=1S/C55H40N2S/c1-55(2)48-30-38(36-21-17-34(18-22-36)33-15-19-35(20-16-33)37-25-28-52-47(29-37)44-11-7-8-14-51(44)58-52)23-26-42(48)43-27-24-39(31-49(43)55)50-32-56-53-45-12-5-3-9-40(45)41-10-4-6-13-46(41)54(53)57-50/h3-17,19-21,24-25,27-32H,18,22-23,26H2,1-2H3. The fraction of sp³-hybridized carbons (Fsp3) is 0.127. The molecule has 0 spiro atoms. The summed E-state index contributed by atoms with van der Waals surface area (Å²) in [5.41, 5.74) is 17.9. The minimum atomic E-state index is -0.0987. The lowest BCUT2D eigenvalue weighted by Gasteiger charge is -2.27. The number of allylic oxidation sites excluding steroid dienone is 8. The summed E-state index contributed by atoms with van der Waals surface area (Å²) in [7, 11) is 0. The molecule has 276 valence electrons. The van der Waals surface area contributed by atoms with Gasteiger partial charge in [0, 0.05) is 41.9 Å². The van der Waals surface area contributed by atoms with Crippen molar-refractivity contribution < 1.29 is 0 Å². The summed E-state index contributed by atoms with van der Waals surface area (Å²) in [5, 5.41) is 7.44. The van der Waals surface area contributed by atoms with Crippen LogP contribution in [0.1, 0.15) is 56.2 Å². The molecule has 0 saturated carbocycles. The molecule has 0 aliphatic heterocycles. The number of hydrogen-bond donors (Lipinski definition) is 0. The molecule has 3 aliphatic carbocycles. The van der Waals surface area contributed by atoms with Crippen LogP contribution in [0, 0.1) is 0 Å². The van der Waals surface area contributed by atoms with E-state index >= 15 is 0 Å². The van der Waals surface area contributed by atoms with Crippen LogP contribution in [-0.4, -0.2) is 9.97 Å². The van der Waals surface area contributed by atoms with E-state index in [1.54, 1.807) is 0 Å². The maximum absolute atomic E-state index is 5.32. The third-order valence-corrected chi connectivity index (χ3v) is 14.4. The quantitative estimate of drug-likeness (QED) is 0.167. The maximum atomic E-state index is 5.32. The van der Waals surface area contributed by atoms with E-state index in [0.29, 0.717) is 0 Å². The van der Waals surface area contributed by atoms with Gasteiger partial charge in [-0.25, -0.2) is 4.98 Å². The van der Waals surface area contributed by atoms with Gasteiger partial charge in [-0.1, -0.05) is 141 Å². The predicted molar refractivity (Wildman–Crippen MR) is 247 cm³/mol. The zero-order valence-electron chi connectivity index (χ0n) is 32.6. The van der Waals surface area contributed by atoms with Crippen LogP contribution in [0.4, 0.5) is 0 Å². The van der Waals surface area contributed by atoms with Crippen molar-refractivity contribution in [3.05, 3.63) is 191 Å². The largest absolute Gasteiger partial charge is 0.252 e. The fourth-order valence-electron chi connectivity index (χ4n) is 10.1. The Kier molecular flexibility index (Phi) is 7.43. The maximum Gasteiger partial charge on any atom is 0.0979 e. The summed E-state index contributed by atoms with van der Waals surface area (Å²) in [6.45, 7) is 4.81. The van der Waals surface area contributed by atoms with Gasteiger partial charge in [0.05, 0.1) is 22.9 Å². The van der Waals surface area contributed by atoms with Crippen LogP contribution in [0.5, 0.6) is 0 Å². The van der Waals surface area contributed by atoms with E-state index < -0.39 is 0 Å². The van der Waals surface area contributed by atoms with Gasteiger partial charge < -0.3 is 0 Å². The van der Waals surface area contributed by atoms with E-state index in [-0.39, 0.29) is 5.41 Å². The van der Waals surface area contributed by atoms with Gasteiger partial charge in [-0.2, -0.15) is 0 Å². The van der Waals surface area contributed by atoms with Crippen LogP contribution in [0.3, 0.4) is 0 Å². The van der Waals surface area contributed by atoms with Crippen molar-refractivity contribution in [1.82, 2.24) is 9.97 Å². The van der Waals surface area contributed by atoms with Crippen LogP contribution in [0.15, 0.2) is 175 Å². The van der Waals surface area contributed by atoms with Crippen molar-refractivity contribution in [2.75, 3.05) is 0 Å². The van der Waals surface area contributed by atoms with Crippen molar-refractivity contribution in [3.8, 4) is 22.4 Å². The molecule has 12 rings (SSSR count). The van der Waals surface area contributed by atoms with Crippen LogP contribution in [0.2, 0.25) is 0 Å². The number of aromatic nitrogens is 2. The molecule has 7 aromatic carbocycles. The molecule has 0 bridgehead atoms. The van der Waals surface area contributed by atoms with Gasteiger partial charge in [0.25, 0.3) is 0 Å². The molecule has 9 aromatic rings. The average Bonchev–Trinajstić information content (AvgIpc) is 3.77. The van der Waals surface area contributed by atoms with Gasteiger partial charge in [0.15, 0.2) is 0 Å². The smallest absolute Gasteiger partial charge is 0.0979 e. The Balaban J connectivity index is 0.820. The molecular formula is C55H40N2S. The van der Waals surface area contributed by atoms with E-state index in [4.69, 9.17) is 9.97 Å². The monoisotopic (exact) mass is 760 g/mol. The van der Waals surface area contributed by atoms with Crippen LogP contribution in [0.25, 0.3) is 86.3 Å². The molecule has 2 aromatic heterocycles. The first-order chi connectivity index (χ1) is 28.5. The summed E-state index contributed by atoms with van der Waals surface area (Å²) in [6, 6.07) is 49.0. The molecule has 58 heavy (non-hydrogen) atoms. The summed E-state index contributed by atoms with van der Waals surface area (Å²) >= 11 is 1.88. The molecule has 3 aliphatic rings. The van der Waals surface area contributed by atoms with Crippen molar-refractivity contribution in [2.24, 2.45) is 0 Å². The second-order valence-electron chi connectivity index (χ2n) is 16.8. The first kappa shape index (κ1) is 33.7. The SMILES string of the molecule is CC1(C)C2=C(CCC(C3=CC=C(c4ccc(-c5ccc6sc7ccccc7c6c5)cc4)CC3)=C2)c2ccc(-c3cnc4c5ccccc5c5ccccc5c4n3)cc21. The minimum Gasteiger partial charge on any atom is -0.252 e.